The maximum atomic E-state index is 12.6. The second-order valence-electron chi connectivity index (χ2n) is 6.26. The Bertz CT molecular complexity index is 1340. The molecule has 9 nitrogen and oxygen atoms in total. The van der Waals surface area contributed by atoms with E-state index in [0.717, 1.165) is 5.56 Å². The van der Waals surface area contributed by atoms with Crippen molar-refractivity contribution < 1.29 is 17.4 Å². The smallest absolute Gasteiger partial charge is 0.408 e. The Balaban J connectivity index is 1.59. The SMILES string of the molecule is Cc1nc(Cn2c(=O)oc3cc(S(=O)(=O)NCc4ccc(Cl)cc4)ccc32)no1. The summed E-state index contributed by atoms with van der Waals surface area (Å²) in [5, 5.41) is 4.32. The lowest BCUT2D eigenvalue weighted by atomic mass is 10.2. The first-order valence-corrected chi connectivity index (χ1v) is 10.3. The first-order chi connectivity index (χ1) is 13.8. The molecule has 0 radical (unpaired) electrons. The number of benzene rings is 2. The predicted molar refractivity (Wildman–Crippen MR) is 104 cm³/mol. The van der Waals surface area contributed by atoms with Gasteiger partial charge in [-0.1, -0.05) is 28.9 Å². The standard InChI is InChI=1S/C18H15ClN4O5S/c1-11-21-17(22-28-11)10-23-15-7-6-14(8-16(15)27-18(23)24)29(25,26)20-9-12-2-4-13(19)5-3-12/h2-8,20H,9-10H2,1H3. The molecule has 0 bridgehead atoms. The van der Waals surface area contributed by atoms with Crippen LogP contribution in [0.4, 0.5) is 0 Å². The highest BCUT2D eigenvalue weighted by Gasteiger charge is 2.18. The maximum absolute atomic E-state index is 12.6. The molecule has 4 rings (SSSR count). The van der Waals surface area contributed by atoms with E-state index in [1.165, 1.54) is 22.8 Å². The number of rotatable bonds is 6. The van der Waals surface area contributed by atoms with E-state index < -0.39 is 15.8 Å². The maximum Gasteiger partial charge on any atom is 0.420 e. The van der Waals surface area contributed by atoms with E-state index in [2.05, 4.69) is 14.9 Å². The average Bonchev–Trinajstić information content (AvgIpc) is 3.24. The van der Waals surface area contributed by atoms with Gasteiger partial charge in [0.25, 0.3) is 0 Å². The van der Waals surface area contributed by atoms with Crippen molar-refractivity contribution in [2.24, 2.45) is 0 Å². The summed E-state index contributed by atoms with van der Waals surface area (Å²) in [7, 11) is -3.81. The lowest BCUT2D eigenvalue weighted by Gasteiger charge is -2.07. The number of oxazole rings is 1. The number of nitrogens with one attached hydrogen (secondary N) is 1. The Morgan fingerprint density at radius 1 is 1.17 bits per heavy atom. The molecule has 1 N–H and O–H groups in total. The number of aromatic nitrogens is 3. The number of nitrogens with zero attached hydrogens (tertiary/aromatic N) is 3. The second kappa shape index (κ2) is 7.47. The molecule has 29 heavy (non-hydrogen) atoms. The van der Waals surface area contributed by atoms with Gasteiger partial charge < -0.3 is 8.94 Å². The van der Waals surface area contributed by atoms with Gasteiger partial charge in [0.1, 0.15) is 0 Å². The van der Waals surface area contributed by atoms with E-state index >= 15 is 0 Å². The average molecular weight is 435 g/mol. The predicted octanol–water partition coefficient (Wildman–Crippen LogP) is 2.47. The number of hydrogen-bond acceptors (Lipinski definition) is 7. The zero-order valence-electron chi connectivity index (χ0n) is 15.1. The van der Waals surface area contributed by atoms with Crippen molar-refractivity contribution in [2.45, 2.75) is 24.9 Å². The van der Waals surface area contributed by atoms with Crippen molar-refractivity contribution in [1.29, 1.82) is 0 Å². The summed E-state index contributed by atoms with van der Waals surface area (Å²) < 4.78 is 39.1. The third-order valence-electron chi connectivity index (χ3n) is 4.20. The topological polar surface area (TPSA) is 120 Å². The minimum atomic E-state index is -3.81. The van der Waals surface area contributed by atoms with Gasteiger partial charge in [0, 0.05) is 24.6 Å². The van der Waals surface area contributed by atoms with E-state index in [-0.39, 0.29) is 23.6 Å². The van der Waals surface area contributed by atoms with Crippen LogP contribution in [0.5, 0.6) is 0 Å². The number of fused-ring (bicyclic) bond motifs is 1. The van der Waals surface area contributed by atoms with Crippen LogP contribution in [0, 0.1) is 6.92 Å². The minimum Gasteiger partial charge on any atom is -0.408 e. The van der Waals surface area contributed by atoms with Crippen molar-refractivity contribution in [2.75, 3.05) is 0 Å². The third kappa shape index (κ3) is 4.09. The molecule has 0 fully saturated rings. The monoisotopic (exact) mass is 434 g/mol. The Kier molecular flexibility index (Phi) is 4.99. The summed E-state index contributed by atoms with van der Waals surface area (Å²) in [6, 6.07) is 11.0. The quantitative estimate of drug-likeness (QED) is 0.494. The molecule has 0 spiro atoms. The van der Waals surface area contributed by atoms with Gasteiger partial charge >= 0.3 is 5.76 Å². The summed E-state index contributed by atoms with van der Waals surface area (Å²) in [5.41, 5.74) is 1.32. The van der Waals surface area contributed by atoms with Gasteiger partial charge in [0.05, 0.1) is 17.0 Å². The molecule has 0 saturated heterocycles. The number of aryl methyl sites for hydroxylation is 1. The highest BCUT2D eigenvalue weighted by atomic mass is 35.5. The number of hydrogen-bond donors (Lipinski definition) is 1. The molecule has 0 saturated carbocycles. The Morgan fingerprint density at radius 3 is 2.62 bits per heavy atom. The number of sulfonamides is 1. The first-order valence-electron chi connectivity index (χ1n) is 8.48. The zero-order valence-corrected chi connectivity index (χ0v) is 16.7. The fourth-order valence-electron chi connectivity index (χ4n) is 2.77. The molecule has 2 aromatic heterocycles. The van der Waals surface area contributed by atoms with Gasteiger partial charge in [-0.2, -0.15) is 4.98 Å². The van der Waals surface area contributed by atoms with Gasteiger partial charge in [-0.3, -0.25) is 4.57 Å². The fourth-order valence-corrected chi connectivity index (χ4v) is 3.93. The Hall–Kier alpha value is -2.95. The molecular formula is C18H15ClN4O5S. The third-order valence-corrected chi connectivity index (χ3v) is 5.85. The van der Waals surface area contributed by atoms with Gasteiger partial charge in [-0.05, 0) is 29.8 Å². The van der Waals surface area contributed by atoms with Crippen molar-refractivity contribution in [3.8, 4) is 0 Å². The lowest BCUT2D eigenvalue weighted by Crippen LogP contribution is -2.23. The molecule has 2 aromatic carbocycles. The largest absolute Gasteiger partial charge is 0.420 e. The van der Waals surface area contributed by atoms with Crippen molar-refractivity contribution in [3.63, 3.8) is 0 Å². The van der Waals surface area contributed by atoms with E-state index in [1.54, 1.807) is 31.2 Å². The van der Waals surface area contributed by atoms with Crippen LogP contribution < -0.4 is 10.5 Å². The molecule has 0 amide bonds. The molecule has 0 atom stereocenters. The van der Waals surface area contributed by atoms with E-state index in [1.807, 2.05) is 0 Å². The van der Waals surface area contributed by atoms with Gasteiger partial charge in [0.15, 0.2) is 11.4 Å². The summed E-state index contributed by atoms with van der Waals surface area (Å²) >= 11 is 5.83. The van der Waals surface area contributed by atoms with E-state index in [0.29, 0.717) is 22.3 Å². The van der Waals surface area contributed by atoms with Crippen molar-refractivity contribution >= 4 is 32.7 Å². The lowest BCUT2D eigenvalue weighted by molar-refractivity contribution is 0.385. The van der Waals surface area contributed by atoms with Gasteiger partial charge in [-0.15, -0.1) is 0 Å². The highest BCUT2D eigenvalue weighted by molar-refractivity contribution is 7.89. The Morgan fingerprint density at radius 2 is 1.93 bits per heavy atom. The molecule has 0 unspecified atom stereocenters. The van der Waals surface area contributed by atoms with Crippen molar-refractivity contribution in [3.05, 3.63) is 75.3 Å². The summed E-state index contributed by atoms with van der Waals surface area (Å²) in [5.74, 6) is 0.0424. The van der Waals surface area contributed by atoms with Crippen LogP contribution in [0.1, 0.15) is 17.3 Å². The van der Waals surface area contributed by atoms with E-state index in [9.17, 15) is 13.2 Å². The van der Waals surface area contributed by atoms with Crippen LogP contribution in [0.15, 0.2) is 61.1 Å². The van der Waals surface area contributed by atoms with Crippen LogP contribution in [-0.4, -0.2) is 23.1 Å². The van der Waals surface area contributed by atoms with Gasteiger partial charge in [-0.25, -0.2) is 17.9 Å². The molecule has 4 aromatic rings. The van der Waals surface area contributed by atoms with Gasteiger partial charge in [0.2, 0.25) is 15.9 Å². The van der Waals surface area contributed by atoms with E-state index in [4.69, 9.17) is 20.5 Å². The minimum absolute atomic E-state index is 0.0183. The summed E-state index contributed by atoms with van der Waals surface area (Å²) in [4.78, 5) is 16.2. The second-order valence-corrected chi connectivity index (χ2v) is 8.47. The molecule has 0 aliphatic carbocycles. The fraction of sp³-hybridized carbons (Fsp3) is 0.167. The van der Waals surface area contributed by atoms with Crippen molar-refractivity contribution in [1.82, 2.24) is 19.4 Å². The number of halogens is 1. The zero-order chi connectivity index (χ0) is 20.6. The molecule has 11 heteroatoms. The Labute approximate surface area is 170 Å². The van der Waals surface area contributed by atoms with Crippen LogP contribution in [0.25, 0.3) is 11.1 Å². The highest BCUT2D eigenvalue weighted by Crippen LogP contribution is 2.19. The molecule has 0 aliphatic heterocycles. The normalized spacial score (nSPS) is 11.9. The molecule has 2 heterocycles. The molecular weight excluding hydrogens is 420 g/mol. The van der Waals surface area contributed by atoms with Crippen LogP contribution in [0.3, 0.4) is 0 Å². The van der Waals surface area contributed by atoms with Crippen LogP contribution in [-0.2, 0) is 23.1 Å². The summed E-state index contributed by atoms with van der Waals surface area (Å²) in [6.07, 6.45) is 0. The molecule has 150 valence electrons. The summed E-state index contributed by atoms with van der Waals surface area (Å²) in [6.45, 7) is 1.78. The first kappa shape index (κ1) is 19.4. The van der Waals surface area contributed by atoms with Crippen LogP contribution >= 0.6 is 11.6 Å². The molecule has 0 aliphatic rings. The van der Waals surface area contributed by atoms with Crippen LogP contribution in [0.2, 0.25) is 5.02 Å².